The Bertz CT molecular complexity index is 900. The van der Waals surface area contributed by atoms with Crippen molar-refractivity contribution in [2.24, 2.45) is 0 Å². The van der Waals surface area contributed by atoms with Gasteiger partial charge in [0.05, 0.1) is 18.4 Å². The first-order valence-corrected chi connectivity index (χ1v) is 7.84. The van der Waals surface area contributed by atoms with Crippen molar-refractivity contribution in [2.45, 2.75) is 0 Å². The first kappa shape index (κ1) is 18.2. The van der Waals surface area contributed by atoms with E-state index in [0.29, 0.717) is 11.3 Å². The van der Waals surface area contributed by atoms with Gasteiger partial charge in [0, 0.05) is 10.0 Å². The molecule has 0 heterocycles. The number of anilines is 1. The van der Waals surface area contributed by atoms with Crippen molar-refractivity contribution in [3.05, 3.63) is 63.6 Å². The number of methoxy groups -OCH3 is 1. The van der Waals surface area contributed by atoms with E-state index in [9.17, 15) is 14.9 Å². The summed E-state index contributed by atoms with van der Waals surface area (Å²) in [4.78, 5) is 23.6. The second kappa shape index (κ2) is 8.13. The predicted octanol–water partition coefficient (Wildman–Crippen LogP) is 3.70. The van der Waals surface area contributed by atoms with Crippen molar-refractivity contribution in [3.63, 3.8) is 0 Å². The fraction of sp³-hybridized carbons (Fsp3) is 0.0556. The smallest absolute Gasteiger partial charge is 0.337 e. The zero-order valence-electron chi connectivity index (χ0n) is 13.1. The number of amides is 1. The van der Waals surface area contributed by atoms with E-state index in [1.165, 1.54) is 25.3 Å². The van der Waals surface area contributed by atoms with E-state index in [-0.39, 0.29) is 16.8 Å². The van der Waals surface area contributed by atoms with E-state index in [4.69, 9.17) is 9.84 Å². The van der Waals surface area contributed by atoms with Crippen LogP contribution in [0, 0.1) is 11.3 Å². The van der Waals surface area contributed by atoms with Gasteiger partial charge in [-0.3, -0.25) is 4.79 Å². The molecule has 0 unspecified atom stereocenters. The van der Waals surface area contributed by atoms with E-state index < -0.39 is 11.9 Å². The lowest BCUT2D eigenvalue weighted by atomic mass is 10.1. The summed E-state index contributed by atoms with van der Waals surface area (Å²) in [6.45, 7) is 0. The lowest BCUT2D eigenvalue weighted by Crippen LogP contribution is -2.16. The Morgan fingerprint density at radius 1 is 1.28 bits per heavy atom. The van der Waals surface area contributed by atoms with Crippen molar-refractivity contribution < 1.29 is 19.4 Å². The minimum atomic E-state index is -1.17. The van der Waals surface area contributed by atoms with Crippen LogP contribution in [-0.2, 0) is 4.79 Å². The van der Waals surface area contributed by atoms with Gasteiger partial charge in [0.25, 0.3) is 5.91 Å². The summed E-state index contributed by atoms with van der Waals surface area (Å²) in [5, 5.41) is 20.9. The van der Waals surface area contributed by atoms with Gasteiger partial charge in [-0.15, -0.1) is 0 Å². The normalized spacial score (nSPS) is 10.7. The third-order valence-electron chi connectivity index (χ3n) is 3.26. The molecule has 0 saturated carbocycles. The van der Waals surface area contributed by atoms with Crippen molar-refractivity contribution in [1.82, 2.24) is 0 Å². The second-order valence-corrected chi connectivity index (χ2v) is 5.78. The SMILES string of the molecule is COc1ccc(Br)cc1/C=C(\C#N)C(=O)Nc1ccccc1C(=O)O. The summed E-state index contributed by atoms with van der Waals surface area (Å²) in [5.41, 5.74) is 0.405. The summed E-state index contributed by atoms with van der Waals surface area (Å²) in [6, 6.07) is 13.0. The van der Waals surface area contributed by atoms with Gasteiger partial charge in [-0.05, 0) is 36.4 Å². The van der Waals surface area contributed by atoms with Gasteiger partial charge in [-0.1, -0.05) is 28.1 Å². The highest BCUT2D eigenvalue weighted by molar-refractivity contribution is 9.10. The first-order valence-electron chi connectivity index (χ1n) is 7.05. The number of carbonyl (C=O) groups is 2. The molecule has 6 nitrogen and oxygen atoms in total. The van der Waals surface area contributed by atoms with Gasteiger partial charge in [-0.25, -0.2) is 4.79 Å². The van der Waals surface area contributed by atoms with Crippen LogP contribution in [0.4, 0.5) is 5.69 Å². The molecule has 0 aliphatic carbocycles. The summed E-state index contributed by atoms with van der Waals surface area (Å²) in [7, 11) is 1.48. The number of nitrogens with zero attached hydrogens (tertiary/aromatic N) is 1. The molecule has 0 spiro atoms. The molecule has 126 valence electrons. The van der Waals surface area contributed by atoms with Crippen LogP contribution in [0.5, 0.6) is 5.75 Å². The topological polar surface area (TPSA) is 99.4 Å². The third kappa shape index (κ3) is 4.46. The van der Waals surface area contributed by atoms with Crippen molar-refractivity contribution in [2.75, 3.05) is 12.4 Å². The number of para-hydroxylation sites is 1. The molecular weight excluding hydrogens is 388 g/mol. The average Bonchev–Trinajstić information content (AvgIpc) is 2.60. The van der Waals surface area contributed by atoms with Crippen LogP contribution in [0.25, 0.3) is 6.08 Å². The Morgan fingerprint density at radius 3 is 2.64 bits per heavy atom. The summed E-state index contributed by atoms with van der Waals surface area (Å²) >= 11 is 3.32. The minimum Gasteiger partial charge on any atom is -0.496 e. The van der Waals surface area contributed by atoms with E-state index in [0.717, 1.165) is 4.47 Å². The number of ether oxygens (including phenoxy) is 1. The number of nitriles is 1. The van der Waals surface area contributed by atoms with Crippen LogP contribution in [0.2, 0.25) is 0 Å². The molecule has 2 N–H and O–H groups in total. The highest BCUT2D eigenvalue weighted by atomic mass is 79.9. The number of nitrogens with one attached hydrogen (secondary N) is 1. The molecule has 0 radical (unpaired) electrons. The first-order chi connectivity index (χ1) is 12.0. The standard InChI is InChI=1S/C18H13BrN2O4/c1-25-16-7-6-13(19)9-11(16)8-12(10-20)17(22)21-15-5-3-2-4-14(15)18(23)24/h2-9H,1H3,(H,21,22)(H,23,24)/b12-8+. The molecule has 0 aromatic heterocycles. The number of hydrogen-bond donors (Lipinski definition) is 2. The van der Waals surface area contributed by atoms with E-state index in [2.05, 4.69) is 21.2 Å². The van der Waals surface area contributed by atoms with Crippen LogP contribution < -0.4 is 10.1 Å². The van der Waals surface area contributed by atoms with Crippen LogP contribution in [0.15, 0.2) is 52.5 Å². The molecule has 7 heteroatoms. The maximum absolute atomic E-state index is 12.4. The number of carboxylic acids is 1. The highest BCUT2D eigenvalue weighted by Crippen LogP contribution is 2.25. The number of aromatic carboxylic acids is 1. The molecule has 1 amide bonds. The Kier molecular flexibility index (Phi) is 5.93. The van der Waals surface area contributed by atoms with Crippen LogP contribution in [0.3, 0.4) is 0 Å². The average molecular weight is 401 g/mol. The zero-order chi connectivity index (χ0) is 18.4. The Hall–Kier alpha value is -3.11. The molecule has 25 heavy (non-hydrogen) atoms. The van der Waals surface area contributed by atoms with Gasteiger partial charge in [0.2, 0.25) is 0 Å². The molecule has 2 rings (SSSR count). The summed E-state index contributed by atoms with van der Waals surface area (Å²) in [6.07, 6.45) is 1.38. The second-order valence-electron chi connectivity index (χ2n) is 4.86. The fourth-order valence-electron chi connectivity index (χ4n) is 2.09. The molecule has 2 aromatic carbocycles. The number of rotatable bonds is 5. The number of benzene rings is 2. The molecule has 2 aromatic rings. The number of hydrogen-bond acceptors (Lipinski definition) is 4. The molecule has 0 bridgehead atoms. The van der Waals surface area contributed by atoms with Gasteiger partial charge in [0.1, 0.15) is 17.4 Å². The van der Waals surface area contributed by atoms with E-state index in [1.807, 2.05) is 6.07 Å². The van der Waals surface area contributed by atoms with Crippen molar-refractivity contribution >= 4 is 39.6 Å². The number of carbonyl (C=O) groups excluding carboxylic acids is 1. The molecule has 0 aliphatic heterocycles. The Balaban J connectivity index is 2.36. The maximum Gasteiger partial charge on any atom is 0.337 e. The number of halogens is 1. The van der Waals surface area contributed by atoms with Crippen molar-refractivity contribution in [3.8, 4) is 11.8 Å². The fourth-order valence-corrected chi connectivity index (χ4v) is 2.47. The van der Waals surface area contributed by atoms with Crippen LogP contribution in [-0.4, -0.2) is 24.1 Å². The minimum absolute atomic E-state index is 0.0619. The lowest BCUT2D eigenvalue weighted by Gasteiger charge is -2.09. The monoisotopic (exact) mass is 400 g/mol. The number of carboxylic acid groups (broad SMARTS) is 1. The van der Waals surface area contributed by atoms with Gasteiger partial charge < -0.3 is 15.2 Å². The van der Waals surface area contributed by atoms with E-state index in [1.54, 1.807) is 30.3 Å². The van der Waals surface area contributed by atoms with Crippen LogP contribution >= 0.6 is 15.9 Å². The van der Waals surface area contributed by atoms with Gasteiger partial charge in [-0.2, -0.15) is 5.26 Å². The Morgan fingerprint density at radius 2 is 2.00 bits per heavy atom. The zero-order valence-corrected chi connectivity index (χ0v) is 14.7. The lowest BCUT2D eigenvalue weighted by molar-refractivity contribution is -0.112. The van der Waals surface area contributed by atoms with E-state index >= 15 is 0 Å². The summed E-state index contributed by atoms with van der Waals surface area (Å²) in [5.74, 6) is -1.39. The molecule has 0 saturated heterocycles. The maximum atomic E-state index is 12.4. The molecular formula is C18H13BrN2O4. The molecule has 0 atom stereocenters. The summed E-state index contributed by atoms with van der Waals surface area (Å²) < 4.78 is 5.97. The van der Waals surface area contributed by atoms with Crippen LogP contribution in [0.1, 0.15) is 15.9 Å². The van der Waals surface area contributed by atoms with Gasteiger partial charge >= 0.3 is 5.97 Å². The largest absolute Gasteiger partial charge is 0.496 e. The highest BCUT2D eigenvalue weighted by Gasteiger charge is 2.15. The Labute approximate surface area is 152 Å². The third-order valence-corrected chi connectivity index (χ3v) is 3.76. The molecule has 0 fully saturated rings. The van der Waals surface area contributed by atoms with Gasteiger partial charge in [0.15, 0.2) is 0 Å². The quantitative estimate of drug-likeness (QED) is 0.588. The van der Waals surface area contributed by atoms with Crippen molar-refractivity contribution in [1.29, 1.82) is 5.26 Å². The predicted molar refractivity (Wildman–Crippen MR) is 96.3 cm³/mol. The molecule has 0 aliphatic rings.